The van der Waals surface area contributed by atoms with Crippen LogP contribution in [-0.4, -0.2) is 40.2 Å². The second-order valence-electron chi connectivity index (χ2n) is 9.08. The Labute approximate surface area is 192 Å². The molecule has 1 aliphatic carbocycles. The van der Waals surface area contributed by atoms with Crippen molar-refractivity contribution in [2.75, 3.05) is 13.2 Å². The minimum Gasteiger partial charge on any atom is -0.491 e. The van der Waals surface area contributed by atoms with E-state index in [-0.39, 0.29) is 18.6 Å². The van der Waals surface area contributed by atoms with E-state index in [2.05, 4.69) is 62.9 Å². The maximum Gasteiger partial charge on any atom is 0.125 e. The molecule has 1 fully saturated rings. The maximum absolute atomic E-state index is 10.3. The van der Waals surface area contributed by atoms with Gasteiger partial charge in [-0.05, 0) is 80.3 Å². The Morgan fingerprint density at radius 3 is 2.16 bits per heavy atom. The van der Waals surface area contributed by atoms with Crippen LogP contribution < -0.4 is 4.74 Å². The van der Waals surface area contributed by atoms with Gasteiger partial charge in [0.2, 0.25) is 0 Å². The Morgan fingerprint density at radius 2 is 1.66 bits per heavy atom. The van der Waals surface area contributed by atoms with E-state index < -0.39 is 11.7 Å². The van der Waals surface area contributed by atoms with Gasteiger partial charge in [-0.3, -0.25) is 0 Å². The van der Waals surface area contributed by atoms with Crippen LogP contribution >= 0.6 is 0 Å². The third kappa shape index (κ3) is 5.02. The van der Waals surface area contributed by atoms with E-state index in [0.29, 0.717) is 0 Å². The van der Waals surface area contributed by atoms with Crippen LogP contribution in [0.15, 0.2) is 36.4 Å². The first-order chi connectivity index (χ1) is 15.3. The molecule has 0 heterocycles. The lowest BCUT2D eigenvalue weighted by Gasteiger charge is -2.34. The van der Waals surface area contributed by atoms with Gasteiger partial charge >= 0.3 is 0 Å². The molecule has 0 aromatic heterocycles. The second kappa shape index (κ2) is 10.1. The molecule has 4 nitrogen and oxygen atoms in total. The fourth-order valence-corrected chi connectivity index (χ4v) is 4.50. The van der Waals surface area contributed by atoms with Gasteiger partial charge in [-0.2, -0.15) is 0 Å². The molecule has 2 aromatic carbocycles. The fourth-order valence-electron chi connectivity index (χ4n) is 4.50. The third-order valence-electron chi connectivity index (χ3n) is 6.97. The summed E-state index contributed by atoms with van der Waals surface area (Å²) < 4.78 is 5.69. The Balaban J connectivity index is 1.91. The molecule has 4 heteroatoms. The molecule has 0 spiro atoms. The fraction of sp³-hybridized carbons (Fsp3) is 0.500. The van der Waals surface area contributed by atoms with Gasteiger partial charge in [0.05, 0.1) is 6.61 Å². The number of aliphatic hydroxyl groups excluding tert-OH is 2. The molecule has 32 heavy (non-hydrogen) atoms. The van der Waals surface area contributed by atoms with E-state index in [1.54, 1.807) is 0 Å². The lowest BCUT2D eigenvalue weighted by atomic mass is 9.70. The third-order valence-corrected chi connectivity index (χ3v) is 6.97. The Hall–Kier alpha value is -2.32. The number of aryl methyl sites for hydroxylation is 2. The predicted octanol–water partition coefficient (Wildman–Crippen LogP) is 4.41. The summed E-state index contributed by atoms with van der Waals surface area (Å²) in [5, 5.41) is 28.9. The molecule has 1 atom stereocenters. The molecular weight excluding hydrogens is 400 g/mol. The first kappa shape index (κ1) is 24.3. The quantitative estimate of drug-likeness (QED) is 0.536. The molecule has 0 unspecified atom stereocenters. The summed E-state index contributed by atoms with van der Waals surface area (Å²) >= 11 is 0. The topological polar surface area (TPSA) is 69.9 Å². The van der Waals surface area contributed by atoms with Crippen molar-refractivity contribution < 1.29 is 20.1 Å². The molecule has 0 radical (unpaired) electrons. The van der Waals surface area contributed by atoms with Gasteiger partial charge in [-0.15, -0.1) is 0 Å². The molecule has 0 aliphatic heterocycles. The van der Waals surface area contributed by atoms with Crippen molar-refractivity contribution in [2.24, 2.45) is 0 Å². The van der Waals surface area contributed by atoms with Crippen molar-refractivity contribution >= 4 is 0 Å². The highest BCUT2D eigenvalue weighted by atomic mass is 16.5. The summed E-state index contributed by atoms with van der Waals surface area (Å²) in [5.41, 5.74) is 4.67. The van der Waals surface area contributed by atoms with E-state index in [4.69, 9.17) is 9.84 Å². The summed E-state index contributed by atoms with van der Waals surface area (Å²) in [6.07, 6.45) is 3.61. The molecule has 3 rings (SSSR count). The molecular formula is C28H36O4. The Morgan fingerprint density at radius 1 is 1.03 bits per heavy atom. The zero-order chi connectivity index (χ0) is 23.4. The number of rotatable bonds is 8. The molecule has 0 bridgehead atoms. The molecule has 172 valence electrons. The average Bonchev–Trinajstić information content (AvgIpc) is 2.77. The van der Waals surface area contributed by atoms with Gasteiger partial charge in [0.25, 0.3) is 0 Å². The number of hydrogen-bond acceptors (Lipinski definition) is 4. The highest BCUT2D eigenvalue weighted by Gasteiger charge is 2.33. The van der Waals surface area contributed by atoms with Gasteiger partial charge in [0, 0.05) is 11.0 Å². The van der Waals surface area contributed by atoms with Crippen LogP contribution in [0.25, 0.3) is 0 Å². The minimum atomic E-state index is -0.881. The summed E-state index contributed by atoms with van der Waals surface area (Å²) in [4.78, 5) is 0. The molecule has 0 saturated heterocycles. The molecule has 2 aromatic rings. The first-order valence-corrected chi connectivity index (χ1v) is 11.7. The molecule has 0 amide bonds. The van der Waals surface area contributed by atoms with Crippen LogP contribution in [-0.2, 0) is 5.41 Å². The second-order valence-corrected chi connectivity index (χ2v) is 9.08. The van der Waals surface area contributed by atoms with E-state index in [1.165, 1.54) is 11.1 Å². The minimum absolute atomic E-state index is 0.0696. The number of ether oxygens (including phenoxy) is 1. The number of hydrogen-bond donors (Lipinski definition) is 3. The monoisotopic (exact) mass is 436 g/mol. The Kier molecular flexibility index (Phi) is 7.67. The smallest absolute Gasteiger partial charge is 0.125 e. The normalized spacial score (nSPS) is 16.0. The van der Waals surface area contributed by atoms with Gasteiger partial charge < -0.3 is 20.1 Å². The van der Waals surface area contributed by atoms with E-state index in [9.17, 15) is 10.2 Å². The van der Waals surface area contributed by atoms with Crippen LogP contribution in [0.3, 0.4) is 0 Å². The first-order valence-electron chi connectivity index (χ1n) is 11.7. The van der Waals surface area contributed by atoms with Crippen LogP contribution in [0, 0.1) is 25.7 Å². The van der Waals surface area contributed by atoms with Crippen LogP contribution in [0.4, 0.5) is 0 Å². The van der Waals surface area contributed by atoms with Crippen molar-refractivity contribution in [1.29, 1.82) is 0 Å². The molecule has 3 N–H and O–H groups in total. The van der Waals surface area contributed by atoms with Gasteiger partial charge in [0.15, 0.2) is 0 Å². The molecule has 1 aliphatic rings. The maximum atomic E-state index is 10.3. The zero-order valence-corrected chi connectivity index (χ0v) is 19.7. The van der Waals surface area contributed by atoms with Crippen molar-refractivity contribution in [3.8, 4) is 17.6 Å². The van der Waals surface area contributed by atoms with E-state index in [0.717, 1.165) is 54.5 Å². The summed E-state index contributed by atoms with van der Waals surface area (Å²) in [5.74, 6) is 6.99. The van der Waals surface area contributed by atoms with Gasteiger partial charge in [0.1, 0.15) is 24.1 Å². The van der Waals surface area contributed by atoms with Crippen molar-refractivity contribution in [3.05, 3.63) is 64.2 Å². The van der Waals surface area contributed by atoms with Gasteiger partial charge in [-0.25, -0.2) is 0 Å². The van der Waals surface area contributed by atoms with Crippen LogP contribution in [0.2, 0.25) is 0 Å². The summed E-state index contributed by atoms with van der Waals surface area (Å²) in [6, 6.07) is 12.7. The van der Waals surface area contributed by atoms with E-state index >= 15 is 0 Å². The van der Waals surface area contributed by atoms with E-state index in [1.807, 2.05) is 13.0 Å². The summed E-state index contributed by atoms with van der Waals surface area (Å²) in [7, 11) is 0. The van der Waals surface area contributed by atoms with Crippen LogP contribution in [0.5, 0.6) is 5.75 Å². The SMILES string of the molecule is CCC(CC)(c1ccc(C#CC2(O)CCC2)c(C)c1)c1ccc(OC[C@@H](O)CO)c(C)c1. The largest absolute Gasteiger partial charge is 0.491 e. The average molecular weight is 437 g/mol. The lowest BCUT2D eigenvalue weighted by Crippen LogP contribution is -2.34. The number of aliphatic hydroxyl groups is 3. The zero-order valence-electron chi connectivity index (χ0n) is 19.7. The lowest BCUT2D eigenvalue weighted by molar-refractivity contribution is 0.0240. The van der Waals surface area contributed by atoms with Crippen molar-refractivity contribution in [1.82, 2.24) is 0 Å². The van der Waals surface area contributed by atoms with Crippen molar-refractivity contribution in [2.45, 2.75) is 76.9 Å². The van der Waals surface area contributed by atoms with Crippen LogP contribution in [0.1, 0.15) is 73.8 Å². The predicted molar refractivity (Wildman–Crippen MR) is 128 cm³/mol. The van der Waals surface area contributed by atoms with Gasteiger partial charge in [-0.1, -0.05) is 50.0 Å². The molecule has 1 saturated carbocycles. The highest BCUT2D eigenvalue weighted by molar-refractivity contribution is 5.50. The highest BCUT2D eigenvalue weighted by Crippen LogP contribution is 2.41. The number of benzene rings is 2. The van der Waals surface area contributed by atoms with Crippen molar-refractivity contribution in [3.63, 3.8) is 0 Å². The summed E-state index contributed by atoms with van der Waals surface area (Å²) in [6.45, 7) is 8.29. The standard InChI is InChI=1S/C28H36O4/c1-5-28(6-2,24-10-11-26(21(4)17-24)32-19-25(30)18-29)23-9-8-22(20(3)16-23)12-15-27(31)13-7-14-27/h8-11,16-17,25,29-31H,5-7,13-14,18-19H2,1-4H3/t25-/m0/s1. The Bertz CT molecular complexity index is 990.